The van der Waals surface area contributed by atoms with E-state index in [2.05, 4.69) is 14.9 Å². The molecule has 0 atom stereocenters. The van der Waals surface area contributed by atoms with Crippen LogP contribution in [-0.2, 0) is 25.7 Å². The Bertz CT molecular complexity index is 796. The molecule has 3 rings (SSSR count). The Labute approximate surface area is 156 Å². The molecule has 1 aliphatic heterocycles. The summed E-state index contributed by atoms with van der Waals surface area (Å²) in [4.78, 5) is 9.33. The second kappa shape index (κ2) is 8.12. The Hall–Kier alpha value is -2.35. The van der Waals surface area contributed by atoms with Gasteiger partial charge in [-0.25, -0.2) is 9.97 Å². The molecule has 0 saturated carbocycles. The van der Waals surface area contributed by atoms with Crippen molar-refractivity contribution in [3.05, 3.63) is 47.0 Å². The molecule has 1 aliphatic rings. The number of hydrogen-bond donors (Lipinski definition) is 0. The van der Waals surface area contributed by atoms with Crippen LogP contribution in [-0.4, -0.2) is 34.6 Å². The number of rotatable bonds is 6. The number of aromatic nitrogens is 2. The first-order valence-electron chi connectivity index (χ1n) is 8.93. The third-order valence-corrected chi connectivity index (χ3v) is 4.30. The van der Waals surface area contributed by atoms with Gasteiger partial charge >= 0.3 is 6.18 Å². The van der Waals surface area contributed by atoms with Crippen molar-refractivity contribution < 1.29 is 22.6 Å². The van der Waals surface area contributed by atoms with Crippen molar-refractivity contribution in [1.29, 1.82) is 0 Å². The fraction of sp³-hybridized carbons (Fsp3) is 0.474. The van der Waals surface area contributed by atoms with Crippen LogP contribution < -0.4 is 9.47 Å². The number of hydrogen-bond acceptors (Lipinski definition) is 5. The smallest absolute Gasteiger partial charge is 0.451 e. The number of benzene rings is 1. The zero-order chi connectivity index (χ0) is 19.4. The lowest BCUT2D eigenvalue weighted by Gasteiger charge is -2.29. The maximum atomic E-state index is 12.8. The molecule has 5 nitrogen and oxygen atoms in total. The zero-order valence-corrected chi connectivity index (χ0v) is 15.3. The van der Waals surface area contributed by atoms with Gasteiger partial charge in [0.1, 0.15) is 11.5 Å². The highest BCUT2D eigenvalue weighted by atomic mass is 19.4. The van der Waals surface area contributed by atoms with Gasteiger partial charge in [-0.05, 0) is 32.0 Å². The topological polar surface area (TPSA) is 47.5 Å². The van der Waals surface area contributed by atoms with E-state index in [0.29, 0.717) is 45.0 Å². The van der Waals surface area contributed by atoms with Gasteiger partial charge in [0.2, 0.25) is 5.82 Å². The Balaban J connectivity index is 1.77. The van der Waals surface area contributed by atoms with Crippen molar-refractivity contribution in [3.63, 3.8) is 0 Å². The van der Waals surface area contributed by atoms with E-state index in [1.165, 1.54) is 6.20 Å². The van der Waals surface area contributed by atoms with Crippen molar-refractivity contribution >= 4 is 0 Å². The lowest BCUT2D eigenvalue weighted by molar-refractivity contribution is -0.145. The van der Waals surface area contributed by atoms with Crippen LogP contribution >= 0.6 is 0 Å². The Morgan fingerprint density at radius 3 is 2.63 bits per heavy atom. The third kappa shape index (κ3) is 4.68. The number of ether oxygens (including phenoxy) is 2. The maximum absolute atomic E-state index is 12.8. The number of alkyl halides is 3. The molecule has 1 aromatic heterocycles. The van der Waals surface area contributed by atoms with Gasteiger partial charge in [0.05, 0.1) is 18.9 Å². The highest BCUT2D eigenvalue weighted by molar-refractivity contribution is 5.40. The minimum Gasteiger partial charge on any atom is -0.494 e. The molecule has 0 saturated heterocycles. The third-order valence-electron chi connectivity index (χ3n) is 4.30. The van der Waals surface area contributed by atoms with Crippen LogP contribution in [0.1, 0.15) is 36.5 Å². The molecule has 0 spiro atoms. The highest BCUT2D eigenvalue weighted by Crippen LogP contribution is 2.30. The summed E-state index contributed by atoms with van der Waals surface area (Å²) in [6, 6.07) is 5.71. The minimum absolute atomic E-state index is 0.454. The average molecular weight is 381 g/mol. The molecule has 2 heterocycles. The van der Waals surface area contributed by atoms with Crippen molar-refractivity contribution in [1.82, 2.24) is 14.9 Å². The average Bonchev–Trinajstić information content (AvgIpc) is 2.63. The molecule has 0 unspecified atom stereocenters. The van der Waals surface area contributed by atoms with E-state index in [4.69, 9.17) is 9.47 Å². The summed E-state index contributed by atoms with van der Waals surface area (Å²) in [5.41, 5.74) is 2.19. The molecule has 0 radical (unpaired) electrons. The van der Waals surface area contributed by atoms with Gasteiger partial charge in [-0.15, -0.1) is 0 Å². The predicted molar refractivity (Wildman–Crippen MR) is 93.6 cm³/mol. The molecule has 146 valence electrons. The fourth-order valence-corrected chi connectivity index (χ4v) is 3.12. The molecular formula is C19H22F3N3O2. The minimum atomic E-state index is -4.52. The second-order valence-corrected chi connectivity index (χ2v) is 6.26. The van der Waals surface area contributed by atoms with Crippen LogP contribution in [0.4, 0.5) is 13.2 Å². The normalized spacial score (nSPS) is 14.7. The Kier molecular flexibility index (Phi) is 5.84. The van der Waals surface area contributed by atoms with E-state index >= 15 is 0 Å². The van der Waals surface area contributed by atoms with Crippen LogP contribution in [0, 0.1) is 0 Å². The van der Waals surface area contributed by atoms with E-state index in [1.54, 1.807) is 0 Å². The van der Waals surface area contributed by atoms with E-state index in [-0.39, 0.29) is 0 Å². The van der Waals surface area contributed by atoms with Crippen molar-refractivity contribution in [2.75, 3.05) is 19.8 Å². The van der Waals surface area contributed by atoms with Gasteiger partial charge in [-0.1, -0.05) is 0 Å². The van der Waals surface area contributed by atoms with E-state index in [9.17, 15) is 13.2 Å². The Morgan fingerprint density at radius 1 is 1.15 bits per heavy atom. The lowest BCUT2D eigenvalue weighted by Crippen LogP contribution is -2.31. The van der Waals surface area contributed by atoms with Gasteiger partial charge in [0, 0.05) is 43.4 Å². The quantitative estimate of drug-likeness (QED) is 0.761. The summed E-state index contributed by atoms with van der Waals surface area (Å²) < 4.78 is 49.6. The second-order valence-electron chi connectivity index (χ2n) is 6.26. The first kappa shape index (κ1) is 19.4. The van der Waals surface area contributed by atoms with E-state index in [0.717, 1.165) is 22.6 Å². The van der Waals surface area contributed by atoms with Gasteiger partial charge in [0.15, 0.2) is 0 Å². The molecule has 0 aliphatic carbocycles. The van der Waals surface area contributed by atoms with Crippen LogP contribution in [0.3, 0.4) is 0 Å². The molecule has 0 fully saturated rings. The SMILES string of the molecule is CCOc1ccc(OCC)c(CN2CCc3nc(C(F)(F)F)ncc3C2)c1. The van der Waals surface area contributed by atoms with Gasteiger partial charge < -0.3 is 9.47 Å². The fourth-order valence-electron chi connectivity index (χ4n) is 3.12. The van der Waals surface area contributed by atoms with Crippen molar-refractivity contribution in [3.8, 4) is 11.5 Å². The molecule has 1 aromatic carbocycles. The Morgan fingerprint density at radius 2 is 1.93 bits per heavy atom. The van der Waals surface area contributed by atoms with Crippen LogP contribution in [0.2, 0.25) is 0 Å². The highest BCUT2D eigenvalue weighted by Gasteiger charge is 2.35. The summed E-state index contributed by atoms with van der Waals surface area (Å²) in [7, 11) is 0. The molecule has 27 heavy (non-hydrogen) atoms. The van der Waals surface area contributed by atoms with Crippen LogP contribution in [0.25, 0.3) is 0 Å². The first-order chi connectivity index (χ1) is 12.9. The largest absolute Gasteiger partial charge is 0.494 e. The summed E-state index contributed by atoms with van der Waals surface area (Å²) in [6.45, 7) is 6.70. The van der Waals surface area contributed by atoms with Crippen LogP contribution in [0.5, 0.6) is 11.5 Å². The van der Waals surface area contributed by atoms with E-state index in [1.807, 2.05) is 32.0 Å². The maximum Gasteiger partial charge on any atom is 0.451 e. The molecule has 0 N–H and O–H groups in total. The molecule has 8 heteroatoms. The molecule has 2 aromatic rings. The lowest BCUT2D eigenvalue weighted by atomic mass is 10.1. The summed E-state index contributed by atoms with van der Waals surface area (Å²) in [5.74, 6) is 0.486. The molecule has 0 amide bonds. The number of halogens is 3. The zero-order valence-electron chi connectivity index (χ0n) is 15.3. The summed E-state index contributed by atoms with van der Waals surface area (Å²) in [5, 5.41) is 0. The van der Waals surface area contributed by atoms with Crippen LogP contribution in [0.15, 0.2) is 24.4 Å². The van der Waals surface area contributed by atoms with E-state index < -0.39 is 12.0 Å². The predicted octanol–water partition coefficient (Wildman–Crippen LogP) is 3.85. The van der Waals surface area contributed by atoms with Gasteiger partial charge in [-0.2, -0.15) is 13.2 Å². The summed E-state index contributed by atoms with van der Waals surface area (Å²) >= 11 is 0. The molecule has 0 bridgehead atoms. The number of nitrogens with zero attached hydrogens (tertiary/aromatic N) is 3. The number of fused-ring (bicyclic) bond motifs is 1. The first-order valence-corrected chi connectivity index (χ1v) is 8.93. The van der Waals surface area contributed by atoms with Gasteiger partial charge in [0.25, 0.3) is 0 Å². The van der Waals surface area contributed by atoms with Crippen molar-refractivity contribution in [2.45, 2.75) is 39.5 Å². The van der Waals surface area contributed by atoms with Crippen molar-refractivity contribution in [2.24, 2.45) is 0 Å². The summed E-state index contributed by atoms with van der Waals surface area (Å²) in [6.07, 6.45) is -2.77. The van der Waals surface area contributed by atoms with Gasteiger partial charge in [-0.3, -0.25) is 4.90 Å². The molecular weight excluding hydrogens is 359 g/mol. The standard InChI is InChI=1S/C19H22F3N3O2/c1-3-26-15-5-6-17(27-4-2)13(9-15)11-25-8-7-16-14(12-25)10-23-18(24-16)19(20,21)22/h5-6,9-10H,3-4,7-8,11-12H2,1-2H3. The monoisotopic (exact) mass is 381 g/mol.